The van der Waals surface area contributed by atoms with Crippen LogP contribution in [0.3, 0.4) is 0 Å². The molecule has 0 saturated heterocycles. The van der Waals surface area contributed by atoms with Crippen molar-refractivity contribution in [1.29, 1.82) is 0 Å². The van der Waals surface area contributed by atoms with Crippen molar-refractivity contribution in [3.8, 4) is 5.75 Å². The van der Waals surface area contributed by atoms with E-state index in [9.17, 15) is 15.2 Å². The molecule has 0 aromatic heterocycles. The molecule has 3 aromatic rings. The zero-order valence-corrected chi connectivity index (χ0v) is 13.2. The van der Waals surface area contributed by atoms with Gasteiger partial charge in [-0.05, 0) is 29.8 Å². The van der Waals surface area contributed by atoms with Gasteiger partial charge in [-0.3, -0.25) is 10.1 Å². The van der Waals surface area contributed by atoms with Crippen molar-refractivity contribution < 1.29 is 14.8 Å². The lowest BCUT2D eigenvalue weighted by Gasteiger charge is -2.21. The van der Waals surface area contributed by atoms with Gasteiger partial charge in [-0.2, -0.15) is 0 Å². The summed E-state index contributed by atoms with van der Waals surface area (Å²) in [6.07, 6.45) is -0.720. The Bertz CT molecular complexity index is 891. The number of nitro benzene ring substituents is 1. The van der Waals surface area contributed by atoms with Crippen molar-refractivity contribution in [1.82, 2.24) is 0 Å². The van der Waals surface area contributed by atoms with Crippen molar-refractivity contribution in [2.24, 2.45) is 0 Å². The van der Waals surface area contributed by atoms with E-state index in [1.165, 1.54) is 6.07 Å². The fourth-order valence-electron chi connectivity index (χ4n) is 2.93. The molecule has 1 N–H and O–H groups in total. The molecule has 3 rings (SSSR count). The van der Waals surface area contributed by atoms with E-state index in [-0.39, 0.29) is 11.4 Å². The Hall–Kier alpha value is -2.92. The maximum absolute atomic E-state index is 11.4. The molecule has 0 fully saturated rings. The largest absolute Gasteiger partial charge is 0.508 e. The Morgan fingerprint density at radius 3 is 2.54 bits per heavy atom. The van der Waals surface area contributed by atoms with Gasteiger partial charge in [-0.25, -0.2) is 0 Å². The van der Waals surface area contributed by atoms with Crippen LogP contribution in [0.2, 0.25) is 0 Å². The summed E-state index contributed by atoms with van der Waals surface area (Å²) in [5, 5.41) is 23.6. The number of nitrogens with zero attached hydrogens (tertiary/aromatic N) is 1. The van der Waals surface area contributed by atoms with Gasteiger partial charge in [0.1, 0.15) is 11.9 Å². The molecule has 24 heavy (non-hydrogen) atoms. The highest BCUT2D eigenvalue weighted by Crippen LogP contribution is 2.40. The number of aromatic hydroxyl groups is 1. The number of benzene rings is 3. The standard InChI is InChI=1S/C19H17NO4/c1-2-24-19(15-9-5-6-10-16(15)20(22)23)18-14-8-4-3-7-13(14)11-12-17(18)21/h3-12,19,21H,2H2,1H3. The number of rotatable bonds is 5. The Morgan fingerprint density at radius 2 is 1.79 bits per heavy atom. The van der Waals surface area contributed by atoms with E-state index in [1.54, 1.807) is 24.3 Å². The zero-order valence-electron chi connectivity index (χ0n) is 13.2. The fourth-order valence-corrected chi connectivity index (χ4v) is 2.93. The van der Waals surface area contributed by atoms with E-state index in [0.29, 0.717) is 17.7 Å². The highest BCUT2D eigenvalue weighted by atomic mass is 16.6. The summed E-state index contributed by atoms with van der Waals surface area (Å²) < 4.78 is 5.83. The SMILES string of the molecule is CCOC(c1ccccc1[N+](=O)[O-])c1c(O)ccc2ccccc12. The summed E-state index contributed by atoms with van der Waals surface area (Å²) in [5.41, 5.74) is 0.948. The summed E-state index contributed by atoms with van der Waals surface area (Å²) in [6, 6.07) is 17.5. The number of hydrogen-bond donors (Lipinski definition) is 1. The van der Waals surface area contributed by atoms with Crippen molar-refractivity contribution >= 4 is 16.5 Å². The maximum atomic E-state index is 11.4. The molecule has 0 saturated carbocycles. The number of phenols is 1. The first-order valence-electron chi connectivity index (χ1n) is 7.69. The quantitative estimate of drug-likeness (QED) is 0.551. The van der Waals surface area contributed by atoms with Gasteiger partial charge in [0, 0.05) is 18.2 Å². The molecule has 0 heterocycles. The van der Waals surface area contributed by atoms with E-state index in [1.807, 2.05) is 37.3 Å². The van der Waals surface area contributed by atoms with Crippen molar-refractivity contribution in [2.45, 2.75) is 13.0 Å². The molecule has 1 unspecified atom stereocenters. The average molecular weight is 323 g/mol. The highest BCUT2D eigenvalue weighted by molar-refractivity contribution is 5.88. The number of para-hydroxylation sites is 1. The first-order chi connectivity index (χ1) is 11.6. The predicted octanol–water partition coefficient (Wildman–Crippen LogP) is 4.58. The minimum absolute atomic E-state index is 0.0247. The third-order valence-electron chi connectivity index (χ3n) is 3.96. The molecular formula is C19H17NO4. The van der Waals surface area contributed by atoms with Crippen LogP contribution in [0, 0.1) is 10.1 Å². The molecule has 0 amide bonds. The van der Waals surface area contributed by atoms with Crippen LogP contribution < -0.4 is 0 Å². The number of phenolic OH excluding ortho intramolecular Hbond substituents is 1. The Kier molecular flexibility index (Phi) is 4.44. The van der Waals surface area contributed by atoms with E-state index in [4.69, 9.17) is 4.74 Å². The molecule has 0 aliphatic rings. The lowest BCUT2D eigenvalue weighted by molar-refractivity contribution is -0.386. The molecule has 5 nitrogen and oxygen atoms in total. The van der Waals surface area contributed by atoms with Gasteiger partial charge >= 0.3 is 0 Å². The van der Waals surface area contributed by atoms with Gasteiger partial charge in [0.2, 0.25) is 0 Å². The second kappa shape index (κ2) is 6.68. The molecule has 5 heteroatoms. The second-order valence-electron chi connectivity index (χ2n) is 5.37. The van der Waals surface area contributed by atoms with Crippen LogP contribution in [0.4, 0.5) is 5.69 Å². The Balaban J connectivity index is 2.28. The first-order valence-corrected chi connectivity index (χ1v) is 7.69. The number of fused-ring (bicyclic) bond motifs is 1. The zero-order chi connectivity index (χ0) is 17.1. The fraction of sp³-hybridized carbons (Fsp3) is 0.158. The number of hydrogen-bond acceptors (Lipinski definition) is 4. The highest BCUT2D eigenvalue weighted by Gasteiger charge is 2.27. The maximum Gasteiger partial charge on any atom is 0.275 e. The summed E-state index contributed by atoms with van der Waals surface area (Å²) in [6.45, 7) is 2.18. The molecule has 0 aliphatic heterocycles. The van der Waals surface area contributed by atoms with Crippen LogP contribution in [0.15, 0.2) is 60.7 Å². The van der Waals surface area contributed by atoms with Gasteiger partial charge in [0.25, 0.3) is 5.69 Å². The summed E-state index contributed by atoms with van der Waals surface area (Å²) in [4.78, 5) is 11.0. The molecule has 0 radical (unpaired) electrons. The Morgan fingerprint density at radius 1 is 1.08 bits per heavy atom. The van der Waals surface area contributed by atoms with Gasteiger partial charge in [-0.15, -0.1) is 0 Å². The van der Waals surface area contributed by atoms with Crippen LogP contribution in [0.1, 0.15) is 24.2 Å². The third-order valence-corrected chi connectivity index (χ3v) is 3.96. The molecular weight excluding hydrogens is 306 g/mol. The summed E-state index contributed by atoms with van der Waals surface area (Å²) >= 11 is 0. The lowest BCUT2D eigenvalue weighted by atomic mass is 9.94. The van der Waals surface area contributed by atoms with Crippen molar-refractivity contribution in [3.63, 3.8) is 0 Å². The Labute approximate surface area is 139 Å². The monoisotopic (exact) mass is 323 g/mol. The summed E-state index contributed by atoms with van der Waals surface area (Å²) in [7, 11) is 0. The van der Waals surface area contributed by atoms with Crippen LogP contribution in [-0.2, 0) is 4.74 Å². The minimum Gasteiger partial charge on any atom is -0.508 e. The van der Waals surface area contributed by atoms with Gasteiger partial charge < -0.3 is 9.84 Å². The van der Waals surface area contributed by atoms with Gasteiger partial charge in [0.05, 0.1) is 10.5 Å². The van der Waals surface area contributed by atoms with E-state index < -0.39 is 11.0 Å². The van der Waals surface area contributed by atoms with Gasteiger partial charge in [-0.1, -0.05) is 42.5 Å². The van der Waals surface area contributed by atoms with Crippen molar-refractivity contribution in [2.75, 3.05) is 6.61 Å². The van der Waals surface area contributed by atoms with E-state index >= 15 is 0 Å². The van der Waals surface area contributed by atoms with E-state index in [2.05, 4.69) is 0 Å². The molecule has 3 aromatic carbocycles. The number of ether oxygens (including phenoxy) is 1. The normalized spacial score (nSPS) is 12.2. The average Bonchev–Trinajstić information content (AvgIpc) is 2.60. The number of nitro groups is 1. The second-order valence-corrected chi connectivity index (χ2v) is 5.37. The van der Waals surface area contributed by atoms with Crippen LogP contribution >= 0.6 is 0 Å². The van der Waals surface area contributed by atoms with Gasteiger partial charge in [0.15, 0.2) is 0 Å². The minimum atomic E-state index is -0.720. The molecule has 0 aliphatic carbocycles. The molecule has 1 atom stereocenters. The van der Waals surface area contributed by atoms with Crippen LogP contribution in [0.5, 0.6) is 5.75 Å². The topological polar surface area (TPSA) is 72.6 Å². The predicted molar refractivity (Wildman–Crippen MR) is 92.2 cm³/mol. The lowest BCUT2D eigenvalue weighted by Crippen LogP contribution is -2.09. The van der Waals surface area contributed by atoms with Crippen LogP contribution in [0.25, 0.3) is 10.8 Å². The molecule has 0 spiro atoms. The van der Waals surface area contributed by atoms with Crippen LogP contribution in [-0.4, -0.2) is 16.6 Å². The smallest absolute Gasteiger partial charge is 0.275 e. The first kappa shape index (κ1) is 16.0. The molecule has 0 bridgehead atoms. The third kappa shape index (κ3) is 2.81. The molecule has 122 valence electrons. The van der Waals surface area contributed by atoms with Crippen molar-refractivity contribution in [3.05, 3.63) is 81.9 Å². The van der Waals surface area contributed by atoms with E-state index in [0.717, 1.165) is 10.8 Å². The summed E-state index contributed by atoms with van der Waals surface area (Å²) in [5.74, 6) is 0.0605.